The van der Waals surface area contributed by atoms with Gasteiger partial charge in [0.2, 0.25) is 0 Å². The molecule has 0 atom stereocenters. The van der Waals surface area contributed by atoms with Crippen LogP contribution in [0.2, 0.25) is 0 Å². The van der Waals surface area contributed by atoms with E-state index in [0.29, 0.717) is 10.7 Å². The summed E-state index contributed by atoms with van der Waals surface area (Å²) in [6.07, 6.45) is 0. The summed E-state index contributed by atoms with van der Waals surface area (Å²) in [5, 5.41) is 16.0. The number of hydrogen-bond acceptors (Lipinski definition) is 4. The molecule has 2 rings (SSSR count). The Kier molecular flexibility index (Phi) is 4.31. The Morgan fingerprint density at radius 1 is 1.40 bits per heavy atom. The van der Waals surface area contributed by atoms with Crippen molar-refractivity contribution in [1.82, 2.24) is 10.3 Å². The molecular weight excluding hydrogens is 278 g/mol. The van der Waals surface area contributed by atoms with Crippen LogP contribution in [0.15, 0.2) is 29.6 Å². The fourth-order valence-corrected chi connectivity index (χ4v) is 2.25. The van der Waals surface area contributed by atoms with Crippen LogP contribution in [-0.2, 0) is 6.54 Å². The van der Waals surface area contributed by atoms with Crippen LogP contribution in [0.5, 0.6) is 0 Å². The quantitative estimate of drug-likeness (QED) is 0.807. The van der Waals surface area contributed by atoms with E-state index in [4.69, 9.17) is 5.11 Å². The number of carbonyl (C=O) groups excluding carboxylic acids is 1. The van der Waals surface area contributed by atoms with Crippen LogP contribution in [0.3, 0.4) is 0 Å². The smallest absolute Gasteiger partial charge is 0.355 e. The normalized spacial score (nSPS) is 10.1. The lowest BCUT2D eigenvalue weighted by Gasteiger charge is -2.06. The fourth-order valence-electron chi connectivity index (χ4n) is 1.54. The number of nitrogens with one attached hydrogen (secondary N) is 2. The number of anilines is 1. The number of carboxylic acids is 1. The van der Waals surface area contributed by atoms with Crippen molar-refractivity contribution in [1.29, 1.82) is 0 Å². The number of thiazole rings is 1. The molecule has 1 aromatic heterocycles. The van der Waals surface area contributed by atoms with Gasteiger partial charge in [-0.1, -0.05) is 12.1 Å². The van der Waals surface area contributed by atoms with Gasteiger partial charge in [-0.3, -0.25) is 0 Å². The van der Waals surface area contributed by atoms with Crippen LogP contribution >= 0.6 is 11.3 Å². The van der Waals surface area contributed by atoms with Crippen molar-refractivity contribution in [3.8, 4) is 0 Å². The molecule has 0 saturated heterocycles. The number of benzene rings is 1. The Hall–Kier alpha value is -2.41. The lowest BCUT2D eigenvalue weighted by Crippen LogP contribution is -2.28. The molecule has 0 aliphatic rings. The highest BCUT2D eigenvalue weighted by Gasteiger charge is 2.09. The standard InChI is InChI=1S/C13H13N3O3S/c1-8-3-2-4-9(5-8)15-13(19)14-6-11-16-10(7-20-11)12(17)18/h2-5,7H,6H2,1H3,(H,17,18)(H2,14,15,19). The third-order valence-corrected chi connectivity index (χ3v) is 3.30. The van der Waals surface area contributed by atoms with Gasteiger partial charge >= 0.3 is 12.0 Å². The topological polar surface area (TPSA) is 91.3 Å². The molecule has 2 amide bonds. The predicted molar refractivity (Wildman–Crippen MR) is 76.1 cm³/mol. The summed E-state index contributed by atoms with van der Waals surface area (Å²) in [7, 11) is 0. The number of carboxylic acid groups (broad SMARTS) is 1. The zero-order valence-corrected chi connectivity index (χ0v) is 11.5. The monoisotopic (exact) mass is 291 g/mol. The van der Waals surface area contributed by atoms with Gasteiger partial charge in [0.05, 0.1) is 6.54 Å². The fraction of sp³-hybridized carbons (Fsp3) is 0.154. The molecule has 0 spiro atoms. The Morgan fingerprint density at radius 2 is 2.20 bits per heavy atom. The average Bonchev–Trinajstić information content (AvgIpc) is 2.85. The molecule has 0 saturated carbocycles. The lowest BCUT2D eigenvalue weighted by molar-refractivity contribution is 0.0691. The molecule has 20 heavy (non-hydrogen) atoms. The van der Waals surface area contributed by atoms with E-state index >= 15 is 0 Å². The van der Waals surface area contributed by atoms with Crippen molar-refractivity contribution >= 4 is 29.0 Å². The van der Waals surface area contributed by atoms with Gasteiger partial charge in [-0.05, 0) is 24.6 Å². The third kappa shape index (κ3) is 3.79. The van der Waals surface area contributed by atoms with Gasteiger partial charge in [0.25, 0.3) is 0 Å². The lowest BCUT2D eigenvalue weighted by atomic mass is 10.2. The summed E-state index contributed by atoms with van der Waals surface area (Å²) >= 11 is 1.19. The zero-order chi connectivity index (χ0) is 14.5. The van der Waals surface area contributed by atoms with E-state index in [2.05, 4.69) is 15.6 Å². The number of amides is 2. The number of urea groups is 1. The minimum Gasteiger partial charge on any atom is -0.476 e. The van der Waals surface area contributed by atoms with Crippen LogP contribution in [0.25, 0.3) is 0 Å². The summed E-state index contributed by atoms with van der Waals surface area (Å²) in [4.78, 5) is 26.2. The highest BCUT2D eigenvalue weighted by molar-refractivity contribution is 7.09. The van der Waals surface area contributed by atoms with Crippen LogP contribution in [0.1, 0.15) is 21.1 Å². The van der Waals surface area contributed by atoms with E-state index in [0.717, 1.165) is 5.56 Å². The summed E-state index contributed by atoms with van der Waals surface area (Å²) < 4.78 is 0. The second-order valence-corrected chi connectivity index (χ2v) is 5.05. The number of aromatic nitrogens is 1. The average molecular weight is 291 g/mol. The number of nitrogens with zero attached hydrogens (tertiary/aromatic N) is 1. The second kappa shape index (κ2) is 6.16. The van der Waals surface area contributed by atoms with Gasteiger partial charge < -0.3 is 15.7 Å². The van der Waals surface area contributed by atoms with Gasteiger partial charge in [0, 0.05) is 11.1 Å². The van der Waals surface area contributed by atoms with Gasteiger partial charge in [-0.15, -0.1) is 11.3 Å². The zero-order valence-electron chi connectivity index (χ0n) is 10.7. The van der Waals surface area contributed by atoms with Crippen molar-refractivity contribution < 1.29 is 14.7 Å². The van der Waals surface area contributed by atoms with E-state index in [1.54, 1.807) is 6.07 Å². The molecule has 1 heterocycles. The summed E-state index contributed by atoms with van der Waals surface area (Å²) in [6.45, 7) is 2.13. The Labute approximate surface area is 119 Å². The van der Waals surface area contributed by atoms with Crippen molar-refractivity contribution in [3.63, 3.8) is 0 Å². The molecule has 0 aliphatic heterocycles. The molecule has 0 fully saturated rings. The first-order chi connectivity index (χ1) is 9.54. The molecule has 0 radical (unpaired) electrons. The molecule has 0 aliphatic carbocycles. The number of rotatable bonds is 4. The van der Waals surface area contributed by atoms with Gasteiger partial charge in [0.15, 0.2) is 5.69 Å². The largest absolute Gasteiger partial charge is 0.476 e. The maximum atomic E-state index is 11.7. The third-order valence-electron chi connectivity index (χ3n) is 2.45. The summed E-state index contributed by atoms with van der Waals surface area (Å²) in [6, 6.07) is 7.07. The molecule has 0 unspecified atom stereocenters. The van der Waals surface area contributed by atoms with E-state index in [-0.39, 0.29) is 18.3 Å². The minimum absolute atomic E-state index is 0.00843. The van der Waals surface area contributed by atoms with Crippen molar-refractivity contribution in [2.45, 2.75) is 13.5 Å². The van der Waals surface area contributed by atoms with E-state index in [9.17, 15) is 9.59 Å². The van der Waals surface area contributed by atoms with Crippen molar-refractivity contribution in [3.05, 3.63) is 45.9 Å². The van der Waals surface area contributed by atoms with Crippen molar-refractivity contribution in [2.24, 2.45) is 0 Å². The Balaban J connectivity index is 1.87. The Bertz CT molecular complexity index is 639. The molecular formula is C13H13N3O3S. The number of aromatic carboxylic acids is 1. The minimum atomic E-state index is -1.07. The molecule has 1 aromatic carbocycles. The first kappa shape index (κ1) is 14.0. The van der Waals surface area contributed by atoms with Gasteiger partial charge in [-0.25, -0.2) is 14.6 Å². The van der Waals surface area contributed by atoms with Crippen LogP contribution in [0, 0.1) is 6.92 Å². The van der Waals surface area contributed by atoms with Crippen LogP contribution < -0.4 is 10.6 Å². The molecule has 6 nitrogen and oxygen atoms in total. The van der Waals surface area contributed by atoms with Crippen LogP contribution in [-0.4, -0.2) is 22.1 Å². The maximum Gasteiger partial charge on any atom is 0.355 e. The highest BCUT2D eigenvalue weighted by Crippen LogP contribution is 2.11. The number of hydrogen-bond donors (Lipinski definition) is 3. The molecule has 2 aromatic rings. The molecule has 104 valence electrons. The molecule has 7 heteroatoms. The first-order valence-corrected chi connectivity index (χ1v) is 6.72. The van der Waals surface area contributed by atoms with Crippen molar-refractivity contribution in [2.75, 3.05) is 5.32 Å². The highest BCUT2D eigenvalue weighted by atomic mass is 32.1. The second-order valence-electron chi connectivity index (χ2n) is 4.11. The first-order valence-electron chi connectivity index (χ1n) is 5.84. The van der Waals surface area contributed by atoms with Crippen LogP contribution in [0.4, 0.5) is 10.5 Å². The molecule has 0 bridgehead atoms. The predicted octanol–water partition coefficient (Wildman–Crippen LogP) is 2.47. The van der Waals surface area contributed by atoms with E-state index in [1.165, 1.54) is 16.7 Å². The number of carbonyl (C=O) groups is 2. The van der Waals surface area contributed by atoms with Gasteiger partial charge in [0.1, 0.15) is 5.01 Å². The van der Waals surface area contributed by atoms with E-state index in [1.807, 2.05) is 25.1 Å². The van der Waals surface area contributed by atoms with E-state index < -0.39 is 5.97 Å². The summed E-state index contributed by atoms with van der Waals surface area (Å²) in [5.41, 5.74) is 1.74. The maximum absolute atomic E-state index is 11.7. The molecule has 3 N–H and O–H groups in total. The number of aryl methyl sites for hydroxylation is 1. The van der Waals surface area contributed by atoms with Gasteiger partial charge in [-0.2, -0.15) is 0 Å². The summed E-state index contributed by atoms with van der Waals surface area (Å²) in [5.74, 6) is -1.07. The SMILES string of the molecule is Cc1cccc(NC(=O)NCc2nc(C(=O)O)cs2)c1. The Morgan fingerprint density at radius 3 is 2.85 bits per heavy atom.